The van der Waals surface area contributed by atoms with Crippen molar-refractivity contribution in [1.29, 1.82) is 0 Å². The van der Waals surface area contributed by atoms with Crippen molar-refractivity contribution in [1.82, 2.24) is 20.4 Å². The third kappa shape index (κ3) is 4.16. The van der Waals surface area contributed by atoms with Crippen molar-refractivity contribution in [3.63, 3.8) is 0 Å². The SMILES string of the molecule is C=CCNC(=NCc1cnn(C)c1)NCC. The van der Waals surface area contributed by atoms with Crippen LogP contribution in [0.3, 0.4) is 0 Å². The molecule has 0 unspecified atom stereocenters. The van der Waals surface area contributed by atoms with Gasteiger partial charge in [0.15, 0.2) is 5.96 Å². The molecular weight excluding hydrogens is 202 g/mol. The van der Waals surface area contributed by atoms with Crippen molar-refractivity contribution >= 4 is 5.96 Å². The Balaban J connectivity index is 2.52. The largest absolute Gasteiger partial charge is 0.357 e. The molecule has 1 heterocycles. The van der Waals surface area contributed by atoms with E-state index in [1.807, 2.05) is 26.4 Å². The summed E-state index contributed by atoms with van der Waals surface area (Å²) in [7, 11) is 1.90. The number of nitrogens with zero attached hydrogens (tertiary/aromatic N) is 3. The summed E-state index contributed by atoms with van der Waals surface area (Å²) in [6.07, 6.45) is 5.58. The molecule has 0 aliphatic rings. The van der Waals surface area contributed by atoms with Crippen LogP contribution in [0, 0.1) is 0 Å². The van der Waals surface area contributed by atoms with Gasteiger partial charge in [-0.25, -0.2) is 4.99 Å². The number of nitrogens with one attached hydrogen (secondary N) is 2. The molecule has 1 aromatic heterocycles. The van der Waals surface area contributed by atoms with Gasteiger partial charge >= 0.3 is 0 Å². The van der Waals surface area contributed by atoms with Gasteiger partial charge in [0.1, 0.15) is 0 Å². The average Bonchev–Trinajstić information content (AvgIpc) is 2.68. The van der Waals surface area contributed by atoms with Gasteiger partial charge in [0.25, 0.3) is 0 Å². The van der Waals surface area contributed by atoms with E-state index in [0.29, 0.717) is 13.1 Å². The van der Waals surface area contributed by atoms with Crippen LogP contribution in [0.15, 0.2) is 30.0 Å². The van der Waals surface area contributed by atoms with Gasteiger partial charge in [-0.1, -0.05) is 6.08 Å². The van der Waals surface area contributed by atoms with Crippen molar-refractivity contribution in [3.8, 4) is 0 Å². The summed E-state index contributed by atoms with van der Waals surface area (Å²) >= 11 is 0. The summed E-state index contributed by atoms with van der Waals surface area (Å²) in [6, 6.07) is 0. The molecule has 5 heteroatoms. The van der Waals surface area contributed by atoms with Crippen molar-refractivity contribution in [3.05, 3.63) is 30.6 Å². The number of hydrogen-bond donors (Lipinski definition) is 2. The standard InChI is InChI=1S/C11H19N5/c1-4-6-13-11(12-5-2)14-7-10-8-15-16(3)9-10/h4,8-9H,1,5-7H2,2-3H3,(H2,12,13,14). The highest BCUT2D eigenvalue weighted by atomic mass is 15.2. The Morgan fingerprint density at radius 3 is 3.00 bits per heavy atom. The van der Waals surface area contributed by atoms with Crippen LogP contribution in [0.4, 0.5) is 0 Å². The lowest BCUT2D eigenvalue weighted by atomic mass is 10.4. The molecular formula is C11H19N5. The van der Waals surface area contributed by atoms with Gasteiger partial charge in [-0.05, 0) is 6.92 Å². The average molecular weight is 221 g/mol. The lowest BCUT2D eigenvalue weighted by Gasteiger charge is -2.08. The molecule has 0 amide bonds. The predicted molar refractivity (Wildman–Crippen MR) is 66.2 cm³/mol. The van der Waals surface area contributed by atoms with Gasteiger partial charge in [-0.3, -0.25) is 4.68 Å². The fourth-order valence-electron chi connectivity index (χ4n) is 1.23. The summed E-state index contributed by atoms with van der Waals surface area (Å²) in [5.41, 5.74) is 1.10. The second-order valence-electron chi connectivity index (χ2n) is 3.39. The van der Waals surface area contributed by atoms with Crippen LogP contribution in [0.5, 0.6) is 0 Å². The molecule has 0 atom stereocenters. The van der Waals surface area contributed by atoms with Gasteiger partial charge in [-0.2, -0.15) is 5.10 Å². The molecule has 16 heavy (non-hydrogen) atoms. The van der Waals surface area contributed by atoms with Gasteiger partial charge < -0.3 is 10.6 Å². The molecule has 0 aliphatic carbocycles. The molecule has 1 rings (SSSR count). The normalized spacial score (nSPS) is 11.2. The monoisotopic (exact) mass is 221 g/mol. The number of guanidine groups is 1. The minimum atomic E-state index is 0.625. The Morgan fingerprint density at radius 2 is 2.44 bits per heavy atom. The fourth-order valence-corrected chi connectivity index (χ4v) is 1.23. The maximum Gasteiger partial charge on any atom is 0.191 e. The second kappa shape index (κ2) is 6.66. The number of aromatic nitrogens is 2. The van der Waals surface area contributed by atoms with E-state index in [2.05, 4.69) is 27.3 Å². The van der Waals surface area contributed by atoms with E-state index >= 15 is 0 Å². The second-order valence-corrected chi connectivity index (χ2v) is 3.39. The quantitative estimate of drug-likeness (QED) is 0.436. The topological polar surface area (TPSA) is 54.2 Å². The van der Waals surface area contributed by atoms with Crippen LogP contribution in [0.25, 0.3) is 0 Å². The molecule has 0 aromatic carbocycles. The summed E-state index contributed by atoms with van der Waals surface area (Å²) in [6.45, 7) is 7.87. The zero-order valence-electron chi connectivity index (χ0n) is 9.90. The molecule has 0 bridgehead atoms. The highest BCUT2D eigenvalue weighted by Crippen LogP contribution is 1.97. The molecule has 0 aliphatic heterocycles. The number of hydrogen-bond acceptors (Lipinski definition) is 2. The maximum atomic E-state index is 4.43. The lowest BCUT2D eigenvalue weighted by Crippen LogP contribution is -2.37. The Kier molecular flexibility index (Phi) is 5.11. The Labute approximate surface area is 96.3 Å². The van der Waals surface area contributed by atoms with Gasteiger partial charge in [0.2, 0.25) is 0 Å². The number of aliphatic imine (C=N–C) groups is 1. The van der Waals surface area contributed by atoms with Crippen molar-refractivity contribution in [2.75, 3.05) is 13.1 Å². The van der Waals surface area contributed by atoms with Crippen molar-refractivity contribution < 1.29 is 0 Å². The van der Waals surface area contributed by atoms with Crippen LogP contribution >= 0.6 is 0 Å². The summed E-state index contributed by atoms with van der Waals surface area (Å²) < 4.78 is 1.77. The Morgan fingerprint density at radius 1 is 1.62 bits per heavy atom. The zero-order chi connectivity index (χ0) is 11.8. The van der Waals surface area contributed by atoms with E-state index in [1.54, 1.807) is 10.8 Å². The molecule has 0 saturated carbocycles. The van der Waals surface area contributed by atoms with E-state index in [-0.39, 0.29) is 0 Å². The highest BCUT2D eigenvalue weighted by molar-refractivity contribution is 5.79. The Bertz CT molecular complexity index is 353. The third-order valence-electron chi connectivity index (χ3n) is 1.94. The van der Waals surface area contributed by atoms with Gasteiger partial charge in [-0.15, -0.1) is 6.58 Å². The molecule has 2 N–H and O–H groups in total. The predicted octanol–water partition coefficient (Wildman–Crippen LogP) is 0.661. The molecule has 0 spiro atoms. The summed E-state index contributed by atoms with van der Waals surface area (Å²) in [5.74, 6) is 0.797. The van der Waals surface area contributed by atoms with Crippen LogP contribution in [0.1, 0.15) is 12.5 Å². The highest BCUT2D eigenvalue weighted by Gasteiger charge is 1.97. The molecule has 5 nitrogen and oxygen atoms in total. The van der Waals surface area contributed by atoms with Crippen molar-refractivity contribution in [2.45, 2.75) is 13.5 Å². The van der Waals surface area contributed by atoms with Crippen LogP contribution in [-0.4, -0.2) is 28.8 Å². The molecule has 0 radical (unpaired) electrons. The first kappa shape index (κ1) is 12.3. The van der Waals surface area contributed by atoms with Crippen LogP contribution in [0.2, 0.25) is 0 Å². The first-order valence-electron chi connectivity index (χ1n) is 5.37. The number of aryl methyl sites for hydroxylation is 1. The van der Waals surface area contributed by atoms with Crippen LogP contribution < -0.4 is 10.6 Å². The maximum absolute atomic E-state index is 4.43. The van der Waals surface area contributed by atoms with Crippen molar-refractivity contribution in [2.24, 2.45) is 12.0 Å². The number of rotatable bonds is 5. The fraction of sp³-hybridized carbons (Fsp3) is 0.455. The minimum Gasteiger partial charge on any atom is -0.357 e. The lowest BCUT2D eigenvalue weighted by molar-refractivity contribution is 0.766. The van der Waals surface area contributed by atoms with E-state index in [1.165, 1.54) is 0 Å². The molecule has 88 valence electrons. The van der Waals surface area contributed by atoms with E-state index in [0.717, 1.165) is 18.1 Å². The molecule has 0 fully saturated rings. The van der Waals surface area contributed by atoms with E-state index in [4.69, 9.17) is 0 Å². The third-order valence-corrected chi connectivity index (χ3v) is 1.94. The van der Waals surface area contributed by atoms with E-state index in [9.17, 15) is 0 Å². The van der Waals surface area contributed by atoms with Gasteiger partial charge in [0.05, 0.1) is 12.7 Å². The zero-order valence-corrected chi connectivity index (χ0v) is 9.90. The first-order chi connectivity index (χ1) is 7.76. The summed E-state index contributed by atoms with van der Waals surface area (Å²) in [4.78, 5) is 4.43. The smallest absolute Gasteiger partial charge is 0.191 e. The minimum absolute atomic E-state index is 0.625. The molecule has 1 aromatic rings. The first-order valence-corrected chi connectivity index (χ1v) is 5.37. The van der Waals surface area contributed by atoms with Crippen LogP contribution in [-0.2, 0) is 13.6 Å². The van der Waals surface area contributed by atoms with E-state index < -0.39 is 0 Å². The summed E-state index contributed by atoms with van der Waals surface area (Å²) in [5, 5.41) is 10.4. The van der Waals surface area contributed by atoms with Gasteiger partial charge in [0, 0.05) is 31.9 Å². The molecule has 0 saturated heterocycles. The Hall–Kier alpha value is -1.78.